The fourth-order valence-corrected chi connectivity index (χ4v) is 1.84. The van der Waals surface area contributed by atoms with Gasteiger partial charge >= 0.3 is 0 Å². The molecular weight excluding hydrogens is 208 g/mol. The van der Waals surface area contributed by atoms with Crippen molar-refractivity contribution in [3.8, 4) is 0 Å². The van der Waals surface area contributed by atoms with Crippen molar-refractivity contribution in [3.63, 3.8) is 0 Å². The first-order valence-corrected chi connectivity index (χ1v) is 5.69. The molecule has 1 heterocycles. The molecule has 3 atom stereocenters. The maximum Gasteiger partial charge on any atom is 0.245 e. The minimum atomic E-state index is -0.433. The largest absolute Gasteiger partial charge is 0.377 e. The second-order valence-electron chi connectivity index (χ2n) is 4.16. The summed E-state index contributed by atoms with van der Waals surface area (Å²) in [5, 5.41) is 2.64. The number of rotatable bonds is 4. The van der Waals surface area contributed by atoms with Gasteiger partial charge in [-0.25, -0.2) is 0 Å². The van der Waals surface area contributed by atoms with Gasteiger partial charge in [-0.1, -0.05) is 0 Å². The maximum atomic E-state index is 11.9. The Labute approximate surface area is 96.1 Å². The summed E-state index contributed by atoms with van der Waals surface area (Å²) in [7, 11) is 0. The summed E-state index contributed by atoms with van der Waals surface area (Å²) in [6, 6.07) is -0.843. The monoisotopic (exact) mass is 228 g/mol. The molecule has 0 aromatic heterocycles. The Hall–Kier alpha value is -1.10. The average molecular weight is 228 g/mol. The second-order valence-corrected chi connectivity index (χ2v) is 4.16. The highest BCUT2D eigenvalue weighted by Crippen LogP contribution is 2.11. The van der Waals surface area contributed by atoms with Crippen LogP contribution in [0, 0.1) is 0 Å². The van der Waals surface area contributed by atoms with E-state index < -0.39 is 12.1 Å². The van der Waals surface area contributed by atoms with E-state index in [2.05, 4.69) is 5.32 Å². The Bertz CT molecular complexity index is 280. The molecule has 1 aliphatic heterocycles. The minimum Gasteiger partial charge on any atom is -0.377 e. The third kappa shape index (κ3) is 2.72. The lowest BCUT2D eigenvalue weighted by molar-refractivity contribution is -0.149. The predicted octanol–water partition coefficient (Wildman–Crippen LogP) is 0.147. The van der Waals surface area contributed by atoms with Crippen LogP contribution in [0.1, 0.15) is 27.7 Å². The van der Waals surface area contributed by atoms with Crippen LogP contribution in [0.15, 0.2) is 0 Å². The highest BCUT2D eigenvalue weighted by atomic mass is 16.5. The van der Waals surface area contributed by atoms with Gasteiger partial charge in [-0.2, -0.15) is 0 Å². The molecule has 0 aliphatic carbocycles. The van der Waals surface area contributed by atoms with E-state index in [-0.39, 0.29) is 17.9 Å². The molecule has 1 aliphatic rings. The van der Waals surface area contributed by atoms with Crippen molar-refractivity contribution in [2.45, 2.75) is 45.9 Å². The van der Waals surface area contributed by atoms with Crippen molar-refractivity contribution < 1.29 is 14.3 Å². The molecule has 1 fully saturated rings. The summed E-state index contributed by atoms with van der Waals surface area (Å²) in [6.07, 6.45) is -0.0468. The Kier molecular flexibility index (Phi) is 4.29. The maximum absolute atomic E-state index is 11.9. The number of carbonyl (C=O) groups excluding carboxylic acids is 2. The van der Waals surface area contributed by atoms with E-state index in [1.807, 2.05) is 13.8 Å². The zero-order valence-electron chi connectivity index (χ0n) is 10.3. The normalized spacial score (nSPS) is 27.9. The summed E-state index contributed by atoms with van der Waals surface area (Å²) in [5.74, 6) is -0.144. The molecule has 0 aromatic carbocycles. The van der Waals surface area contributed by atoms with Crippen LogP contribution in [0.3, 0.4) is 0 Å². The Balaban J connectivity index is 2.67. The summed E-state index contributed by atoms with van der Waals surface area (Å²) >= 11 is 0. The zero-order valence-corrected chi connectivity index (χ0v) is 10.3. The number of piperazine rings is 1. The first-order chi connectivity index (χ1) is 7.47. The Morgan fingerprint density at radius 3 is 2.62 bits per heavy atom. The first kappa shape index (κ1) is 13.0. The number of hydrogen-bond acceptors (Lipinski definition) is 3. The minimum absolute atomic E-state index is 0.0429. The van der Waals surface area contributed by atoms with Crippen molar-refractivity contribution in [3.05, 3.63) is 0 Å². The average Bonchev–Trinajstić information content (AvgIpc) is 2.22. The molecule has 5 heteroatoms. The van der Waals surface area contributed by atoms with Crippen LogP contribution in [0.25, 0.3) is 0 Å². The first-order valence-electron chi connectivity index (χ1n) is 5.69. The predicted molar refractivity (Wildman–Crippen MR) is 59.9 cm³/mol. The zero-order chi connectivity index (χ0) is 12.3. The molecule has 1 rings (SSSR count). The number of carbonyl (C=O) groups is 2. The number of nitrogens with one attached hydrogen (secondary N) is 1. The fourth-order valence-electron chi connectivity index (χ4n) is 1.84. The fraction of sp³-hybridized carbons (Fsp3) is 0.818. The third-order valence-corrected chi connectivity index (χ3v) is 2.76. The molecule has 2 amide bonds. The molecule has 0 radical (unpaired) electrons. The van der Waals surface area contributed by atoms with Crippen LogP contribution < -0.4 is 5.32 Å². The van der Waals surface area contributed by atoms with Crippen molar-refractivity contribution in [1.29, 1.82) is 0 Å². The van der Waals surface area contributed by atoms with E-state index in [1.165, 1.54) is 0 Å². The molecule has 0 aromatic rings. The van der Waals surface area contributed by atoms with Gasteiger partial charge in [0.15, 0.2) is 0 Å². The molecule has 92 valence electrons. The third-order valence-electron chi connectivity index (χ3n) is 2.76. The van der Waals surface area contributed by atoms with Crippen molar-refractivity contribution in [1.82, 2.24) is 10.2 Å². The quantitative estimate of drug-likeness (QED) is 0.745. The molecule has 16 heavy (non-hydrogen) atoms. The highest BCUT2D eigenvalue weighted by molar-refractivity contribution is 5.96. The number of amides is 2. The number of hydrogen-bond donors (Lipinski definition) is 1. The second kappa shape index (κ2) is 5.30. The molecule has 3 unspecified atom stereocenters. The molecule has 0 spiro atoms. The van der Waals surface area contributed by atoms with Gasteiger partial charge in [0.2, 0.25) is 11.8 Å². The Morgan fingerprint density at radius 1 is 1.44 bits per heavy atom. The lowest BCUT2D eigenvalue weighted by Gasteiger charge is -2.37. The molecule has 1 saturated heterocycles. The van der Waals surface area contributed by atoms with Crippen molar-refractivity contribution >= 4 is 11.8 Å². The van der Waals surface area contributed by atoms with Crippen LogP contribution in [0.2, 0.25) is 0 Å². The van der Waals surface area contributed by atoms with Gasteiger partial charge in [0.1, 0.15) is 12.1 Å². The van der Waals surface area contributed by atoms with E-state index in [0.29, 0.717) is 13.2 Å². The lowest BCUT2D eigenvalue weighted by atomic mass is 10.1. The van der Waals surface area contributed by atoms with Gasteiger partial charge < -0.3 is 15.0 Å². The standard InChI is InChI=1S/C11H20N2O3/c1-5-16-7(2)6-13-9(4)10(14)12-8(3)11(13)15/h7-9H,5-6H2,1-4H3,(H,12,14). The SMILES string of the molecule is CCOC(C)CN1C(=O)C(C)NC(=O)C1C. The molecule has 1 N–H and O–H groups in total. The summed E-state index contributed by atoms with van der Waals surface area (Å²) < 4.78 is 5.39. The van der Waals surface area contributed by atoms with Gasteiger partial charge in [-0.15, -0.1) is 0 Å². The number of ether oxygens (including phenoxy) is 1. The van der Waals surface area contributed by atoms with Crippen LogP contribution in [0.5, 0.6) is 0 Å². The van der Waals surface area contributed by atoms with Crippen LogP contribution in [-0.2, 0) is 14.3 Å². The summed E-state index contributed by atoms with van der Waals surface area (Å²) in [4.78, 5) is 25.0. The van der Waals surface area contributed by atoms with Gasteiger partial charge in [0.05, 0.1) is 6.10 Å². The summed E-state index contributed by atoms with van der Waals surface area (Å²) in [5.41, 5.74) is 0. The van der Waals surface area contributed by atoms with Crippen molar-refractivity contribution in [2.75, 3.05) is 13.2 Å². The molecule has 5 nitrogen and oxygen atoms in total. The van der Waals surface area contributed by atoms with Gasteiger partial charge in [-0.3, -0.25) is 9.59 Å². The van der Waals surface area contributed by atoms with Crippen LogP contribution >= 0.6 is 0 Å². The van der Waals surface area contributed by atoms with Gasteiger partial charge in [-0.05, 0) is 27.7 Å². The Morgan fingerprint density at radius 2 is 2.06 bits per heavy atom. The van der Waals surface area contributed by atoms with E-state index >= 15 is 0 Å². The van der Waals surface area contributed by atoms with Gasteiger partial charge in [0.25, 0.3) is 0 Å². The van der Waals surface area contributed by atoms with E-state index in [4.69, 9.17) is 4.74 Å². The lowest BCUT2D eigenvalue weighted by Crippen LogP contribution is -2.62. The van der Waals surface area contributed by atoms with Crippen LogP contribution in [-0.4, -0.2) is 48.1 Å². The number of nitrogens with zero attached hydrogens (tertiary/aromatic N) is 1. The van der Waals surface area contributed by atoms with Gasteiger partial charge in [0, 0.05) is 13.2 Å². The molecular formula is C11H20N2O3. The van der Waals surface area contributed by atoms with E-state index in [0.717, 1.165) is 0 Å². The molecule has 0 bridgehead atoms. The van der Waals surface area contributed by atoms with Crippen LogP contribution in [0.4, 0.5) is 0 Å². The summed E-state index contributed by atoms with van der Waals surface area (Å²) in [6.45, 7) is 8.32. The topological polar surface area (TPSA) is 58.6 Å². The van der Waals surface area contributed by atoms with E-state index in [9.17, 15) is 9.59 Å². The van der Waals surface area contributed by atoms with E-state index in [1.54, 1.807) is 18.7 Å². The smallest absolute Gasteiger partial charge is 0.245 e. The molecule has 0 saturated carbocycles. The highest BCUT2D eigenvalue weighted by Gasteiger charge is 2.36. The van der Waals surface area contributed by atoms with Crippen molar-refractivity contribution in [2.24, 2.45) is 0 Å².